The van der Waals surface area contributed by atoms with E-state index in [1.165, 1.54) is 11.1 Å². The van der Waals surface area contributed by atoms with E-state index in [-0.39, 0.29) is 0 Å². The molecule has 1 aliphatic carbocycles. The minimum Gasteiger partial charge on any atom is -0.272 e. The van der Waals surface area contributed by atoms with Crippen LogP contribution in [0.25, 0.3) is 5.69 Å². The first-order valence-electron chi connectivity index (χ1n) is 7.63. The van der Waals surface area contributed by atoms with Gasteiger partial charge in [0.05, 0.1) is 5.69 Å². The van der Waals surface area contributed by atoms with Crippen molar-refractivity contribution in [3.05, 3.63) is 75.3 Å². The number of halogens is 1. The second-order valence-corrected chi connectivity index (χ2v) is 6.88. The Kier molecular flexibility index (Phi) is 3.58. The van der Waals surface area contributed by atoms with Crippen LogP contribution in [0, 0.1) is 11.7 Å². The van der Waals surface area contributed by atoms with Crippen LogP contribution in [0.15, 0.2) is 48.5 Å². The summed E-state index contributed by atoms with van der Waals surface area (Å²) in [5.74, 6) is 1.89. The van der Waals surface area contributed by atoms with Gasteiger partial charge in [-0.1, -0.05) is 47.5 Å². The lowest BCUT2D eigenvalue weighted by molar-refractivity contribution is 0.846. The van der Waals surface area contributed by atoms with E-state index in [0.717, 1.165) is 17.9 Å². The summed E-state index contributed by atoms with van der Waals surface area (Å²) in [6.45, 7) is 2.11. The predicted octanol–water partition coefficient (Wildman–Crippen LogP) is 5.16. The van der Waals surface area contributed by atoms with Gasteiger partial charge in [0.1, 0.15) is 5.82 Å². The Balaban J connectivity index is 1.69. The van der Waals surface area contributed by atoms with Crippen molar-refractivity contribution in [2.24, 2.45) is 0 Å². The summed E-state index contributed by atoms with van der Waals surface area (Å²) in [6, 6.07) is 16.5. The average molecular weight is 342 g/mol. The Hall–Kier alpha value is -1.91. The van der Waals surface area contributed by atoms with E-state index in [1.54, 1.807) is 0 Å². The highest BCUT2D eigenvalue weighted by atomic mass is 35.5. The molecule has 1 N–H and O–H groups in total. The normalized spacial score (nSPS) is 19.7. The van der Waals surface area contributed by atoms with Crippen LogP contribution < -0.4 is 0 Å². The molecule has 1 aliphatic rings. The van der Waals surface area contributed by atoms with Gasteiger partial charge in [-0.2, -0.15) is 5.10 Å². The van der Waals surface area contributed by atoms with Gasteiger partial charge in [0, 0.05) is 10.9 Å². The number of hydrogen-bond donors (Lipinski definition) is 1. The van der Waals surface area contributed by atoms with E-state index in [2.05, 4.69) is 41.4 Å². The standard InChI is InChI=1S/C18H16ClN3S/c1-11-5-7-12(8-6-11)15-10-16(15)17-20-21-18(23)22(17)14-4-2-3-13(19)9-14/h2-9,15-16H,10H2,1H3,(H,21,23)/t15-,16+/m1/s1. The molecule has 0 spiro atoms. The molecule has 3 aromatic rings. The average Bonchev–Trinajstić information content (AvgIpc) is 3.23. The zero-order valence-electron chi connectivity index (χ0n) is 12.7. The molecule has 0 amide bonds. The third-order valence-corrected chi connectivity index (χ3v) is 4.90. The van der Waals surface area contributed by atoms with Crippen LogP contribution in [0.3, 0.4) is 0 Å². The molecule has 1 fully saturated rings. The van der Waals surface area contributed by atoms with Crippen molar-refractivity contribution in [2.75, 3.05) is 0 Å². The van der Waals surface area contributed by atoms with Gasteiger partial charge in [0.2, 0.25) is 0 Å². The number of aromatic nitrogens is 3. The Bertz CT molecular complexity index is 911. The molecule has 5 heteroatoms. The van der Waals surface area contributed by atoms with E-state index in [9.17, 15) is 0 Å². The molecule has 0 aliphatic heterocycles. The Morgan fingerprint density at radius 2 is 1.96 bits per heavy atom. The van der Waals surface area contributed by atoms with E-state index in [4.69, 9.17) is 23.8 Å². The molecule has 1 saturated carbocycles. The van der Waals surface area contributed by atoms with Gasteiger partial charge >= 0.3 is 0 Å². The molecule has 2 aromatic carbocycles. The van der Waals surface area contributed by atoms with Crippen molar-refractivity contribution in [1.82, 2.24) is 14.8 Å². The second kappa shape index (κ2) is 5.62. The van der Waals surface area contributed by atoms with Gasteiger partial charge in [-0.15, -0.1) is 0 Å². The summed E-state index contributed by atoms with van der Waals surface area (Å²) < 4.78 is 2.61. The second-order valence-electron chi connectivity index (χ2n) is 6.06. The molecule has 0 bridgehead atoms. The van der Waals surface area contributed by atoms with Crippen molar-refractivity contribution >= 4 is 23.8 Å². The summed E-state index contributed by atoms with van der Waals surface area (Å²) in [5.41, 5.74) is 3.61. The smallest absolute Gasteiger partial charge is 0.199 e. The van der Waals surface area contributed by atoms with Crippen LogP contribution >= 0.6 is 23.8 Å². The molecular formula is C18H16ClN3S. The number of aromatic amines is 1. The molecule has 1 aromatic heterocycles. The highest BCUT2D eigenvalue weighted by molar-refractivity contribution is 7.71. The summed E-state index contributed by atoms with van der Waals surface area (Å²) in [5, 5.41) is 8.11. The van der Waals surface area contributed by atoms with Gasteiger partial charge in [0.25, 0.3) is 0 Å². The van der Waals surface area contributed by atoms with Crippen molar-refractivity contribution in [3.63, 3.8) is 0 Å². The van der Waals surface area contributed by atoms with E-state index < -0.39 is 0 Å². The van der Waals surface area contributed by atoms with Crippen LogP contribution in [0.5, 0.6) is 0 Å². The lowest BCUT2D eigenvalue weighted by Gasteiger charge is -2.07. The zero-order chi connectivity index (χ0) is 16.0. The SMILES string of the molecule is Cc1ccc([C@H]2C[C@@H]2c2n[nH]c(=S)n2-c2cccc(Cl)c2)cc1. The summed E-state index contributed by atoms with van der Waals surface area (Å²) in [7, 11) is 0. The quantitative estimate of drug-likeness (QED) is 0.667. The maximum absolute atomic E-state index is 6.12. The number of benzene rings is 2. The zero-order valence-corrected chi connectivity index (χ0v) is 14.2. The summed E-state index contributed by atoms with van der Waals surface area (Å²) >= 11 is 11.5. The third kappa shape index (κ3) is 2.73. The van der Waals surface area contributed by atoms with Gasteiger partial charge in [0.15, 0.2) is 4.77 Å². The molecule has 0 saturated heterocycles. The minimum atomic E-state index is 0.393. The fourth-order valence-electron chi connectivity index (χ4n) is 3.09. The highest BCUT2D eigenvalue weighted by Crippen LogP contribution is 2.54. The Morgan fingerprint density at radius 3 is 2.70 bits per heavy atom. The molecule has 2 atom stereocenters. The van der Waals surface area contributed by atoms with Gasteiger partial charge < -0.3 is 0 Å². The Morgan fingerprint density at radius 1 is 1.17 bits per heavy atom. The van der Waals surface area contributed by atoms with Crippen LogP contribution in [0.2, 0.25) is 5.02 Å². The molecule has 0 unspecified atom stereocenters. The van der Waals surface area contributed by atoms with Crippen LogP contribution in [0.1, 0.15) is 35.2 Å². The van der Waals surface area contributed by atoms with Crippen molar-refractivity contribution in [1.29, 1.82) is 0 Å². The first-order chi connectivity index (χ1) is 11.1. The maximum Gasteiger partial charge on any atom is 0.199 e. The lowest BCUT2D eigenvalue weighted by atomic mass is 10.1. The molecule has 4 rings (SSSR count). The predicted molar refractivity (Wildman–Crippen MR) is 95.0 cm³/mol. The molecule has 116 valence electrons. The molecule has 0 radical (unpaired) electrons. The van der Waals surface area contributed by atoms with Gasteiger partial charge in [-0.05, 0) is 55.2 Å². The third-order valence-electron chi connectivity index (χ3n) is 4.39. The van der Waals surface area contributed by atoms with Gasteiger partial charge in [-0.3, -0.25) is 9.67 Å². The number of rotatable bonds is 3. The maximum atomic E-state index is 6.12. The minimum absolute atomic E-state index is 0.393. The van der Waals surface area contributed by atoms with E-state index in [0.29, 0.717) is 21.6 Å². The van der Waals surface area contributed by atoms with E-state index >= 15 is 0 Å². The van der Waals surface area contributed by atoms with Crippen molar-refractivity contribution in [3.8, 4) is 5.69 Å². The number of nitrogens with zero attached hydrogens (tertiary/aromatic N) is 2. The first-order valence-corrected chi connectivity index (χ1v) is 8.42. The summed E-state index contributed by atoms with van der Waals surface area (Å²) in [4.78, 5) is 0. The van der Waals surface area contributed by atoms with Crippen molar-refractivity contribution < 1.29 is 0 Å². The number of nitrogens with one attached hydrogen (secondary N) is 1. The molecule has 23 heavy (non-hydrogen) atoms. The fourth-order valence-corrected chi connectivity index (χ4v) is 3.51. The number of aryl methyl sites for hydroxylation is 1. The molecule has 1 heterocycles. The monoisotopic (exact) mass is 341 g/mol. The Labute approximate surface area is 144 Å². The van der Waals surface area contributed by atoms with Gasteiger partial charge in [-0.25, -0.2) is 0 Å². The van der Waals surface area contributed by atoms with Crippen LogP contribution in [-0.2, 0) is 0 Å². The fraction of sp³-hybridized carbons (Fsp3) is 0.222. The number of hydrogen-bond acceptors (Lipinski definition) is 2. The van der Waals surface area contributed by atoms with Crippen molar-refractivity contribution in [2.45, 2.75) is 25.2 Å². The molecule has 3 nitrogen and oxygen atoms in total. The highest BCUT2D eigenvalue weighted by Gasteiger charge is 2.43. The first kappa shape index (κ1) is 14.7. The topological polar surface area (TPSA) is 33.6 Å². The largest absolute Gasteiger partial charge is 0.272 e. The molecular weight excluding hydrogens is 326 g/mol. The number of H-pyrrole nitrogens is 1. The lowest BCUT2D eigenvalue weighted by Crippen LogP contribution is -2.01. The summed E-state index contributed by atoms with van der Waals surface area (Å²) in [6.07, 6.45) is 1.10. The van der Waals surface area contributed by atoms with Crippen LogP contribution in [-0.4, -0.2) is 14.8 Å². The van der Waals surface area contributed by atoms with Crippen LogP contribution in [0.4, 0.5) is 0 Å². The van der Waals surface area contributed by atoms with E-state index in [1.807, 2.05) is 28.8 Å².